The van der Waals surface area contributed by atoms with Gasteiger partial charge in [-0.3, -0.25) is 13.8 Å². The maximum absolute atomic E-state index is 12.8. The van der Waals surface area contributed by atoms with Crippen LogP contribution in [0.3, 0.4) is 0 Å². The molecule has 12 nitrogen and oxygen atoms in total. The zero-order valence-electron chi connectivity index (χ0n) is 39.2. The fourth-order valence-corrected chi connectivity index (χ4v) is 8.77. The van der Waals surface area contributed by atoms with E-state index in [0.717, 1.165) is 57.8 Å². The predicted molar refractivity (Wildman–Crippen MR) is 249 cm³/mol. The van der Waals surface area contributed by atoms with Gasteiger partial charge in [0, 0.05) is 13.0 Å². The molecule has 13 heteroatoms. The molecule has 0 radical (unpaired) electrons. The van der Waals surface area contributed by atoms with Gasteiger partial charge >= 0.3 is 13.8 Å². The SMILES string of the molecule is CCCCCC/C=C\C/C=C\CCCCCCCCCCOCC(COP(=O)(O)OC1C(O)C(O)C(O)C(O)C1O)OC(=O)CCCCCCCCCCCCCCCCCC. The van der Waals surface area contributed by atoms with E-state index in [-0.39, 0.29) is 13.0 Å². The number of carbonyl (C=O) groups is 1. The number of ether oxygens (including phenoxy) is 2. The summed E-state index contributed by atoms with van der Waals surface area (Å²) >= 11 is 0. The van der Waals surface area contributed by atoms with Gasteiger partial charge < -0.3 is 39.9 Å². The number of aliphatic hydroxyl groups excluding tert-OH is 5. The quantitative estimate of drug-likeness (QED) is 0.0147. The van der Waals surface area contributed by atoms with Crippen LogP contribution in [0.25, 0.3) is 0 Å². The van der Waals surface area contributed by atoms with E-state index in [1.54, 1.807) is 0 Å². The van der Waals surface area contributed by atoms with Gasteiger partial charge in [0.15, 0.2) is 0 Å². The number of rotatable bonds is 43. The lowest BCUT2D eigenvalue weighted by Crippen LogP contribution is -2.64. The van der Waals surface area contributed by atoms with E-state index in [0.29, 0.717) is 13.0 Å². The van der Waals surface area contributed by atoms with Gasteiger partial charge in [-0.05, 0) is 44.9 Å². The van der Waals surface area contributed by atoms with Gasteiger partial charge in [0.2, 0.25) is 0 Å². The molecule has 0 amide bonds. The number of phosphoric ester groups is 1. The predicted octanol–water partition coefficient (Wildman–Crippen LogP) is 10.9. The molecule has 0 aromatic heterocycles. The minimum absolute atomic E-state index is 0.0766. The van der Waals surface area contributed by atoms with E-state index in [2.05, 4.69) is 38.2 Å². The Bertz CT molecular complexity index is 1120. The molecular formula is C49H93O12P. The average Bonchev–Trinajstić information content (AvgIpc) is 3.26. The molecule has 0 aromatic rings. The average molecular weight is 905 g/mol. The second-order valence-electron chi connectivity index (χ2n) is 17.7. The molecule has 1 aliphatic carbocycles. The Hall–Kier alpha value is -1.18. The zero-order chi connectivity index (χ0) is 45.5. The molecule has 1 aliphatic rings. The number of allylic oxidation sites excluding steroid dienone is 4. The fraction of sp³-hybridized carbons (Fsp3) is 0.898. The third-order valence-corrected chi connectivity index (χ3v) is 12.8. The number of hydrogen-bond donors (Lipinski definition) is 6. The van der Waals surface area contributed by atoms with E-state index < -0.39 is 63.1 Å². The van der Waals surface area contributed by atoms with E-state index in [1.165, 1.54) is 135 Å². The van der Waals surface area contributed by atoms with Crippen LogP contribution >= 0.6 is 7.82 Å². The molecule has 6 N–H and O–H groups in total. The largest absolute Gasteiger partial charge is 0.472 e. The number of carbonyl (C=O) groups excluding carboxylic acids is 1. The van der Waals surface area contributed by atoms with Crippen LogP contribution < -0.4 is 0 Å². The molecule has 0 heterocycles. The highest BCUT2D eigenvalue weighted by Gasteiger charge is 2.51. The highest BCUT2D eigenvalue weighted by atomic mass is 31.2. The summed E-state index contributed by atoms with van der Waals surface area (Å²) in [6, 6.07) is 0. The Kier molecular flexibility index (Phi) is 38.1. The monoisotopic (exact) mass is 905 g/mol. The van der Waals surface area contributed by atoms with Crippen LogP contribution in [0.15, 0.2) is 24.3 Å². The van der Waals surface area contributed by atoms with Crippen molar-refractivity contribution in [3.8, 4) is 0 Å². The van der Waals surface area contributed by atoms with E-state index in [9.17, 15) is 39.8 Å². The maximum Gasteiger partial charge on any atom is 0.472 e. The smallest absolute Gasteiger partial charge is 0.457 e. The van der Waals surface area contributed by atoms with Gasteiger partial charge in [0.05, 0.1) is 13.2 Å². The first kappa shape index (κ1) is 58.8. The normalized spacial score (nSPS) is 22.1. The van der Waals surface area contributed by atoms with Crippen LogP contribution in [0.5, 0.6) is 0 Å². The summed E-state index contributed by atoms with van der Waals surface area (Å²) in [5.74, 6) is -0.476. The first-order chi connectivity index (χ1) is 30.0. The van der Waals surface area contributed by atoms with E-state index in [1.807, 2.05) is 0 Å². The lowest BCUT2D eigenvalue weighted by atomic mass is 9.85. The molecule has 1 saturated carbocycles. The molecule has 0 aromatic carbocycles. The second kappa shape index (κ2) is 40.1. The van der Waals surface area contributed by atoms with Crippen molar-refractivity contribution in [1.29, 1.82) is 0 Å². The van der Waals surface area contributed by atoms with Crippen molar-refractivity contribution in [1.82, 2.24) is 0 Å². The van der Waals surface area contributed by atoms with Gasteiger partial charge in [-0.2, -0.15) is 0 Å². The molecule has 0 aliphatic heterocycles. The number of aliphatic hydroxyl groups is 5. The highest BCUT2D eigenvalue weighted by Crippen LogP contribution is 2.47. The van der Waals surface area contributed by atoms with Gasteiger partial charge in [-0.1, -0.05) is 192 Å². The Morgan fingerprint density at radius 1 is 0.516 bits per heavy atom. The van der Waals surface area contributed by atoms with Crippen molar-refractivity contribution in [3.05, 3.63) is 24.3 Å². The third-order valence-electron chi connectivity index (χ3n) is 11.8. The summed E-state index contributed by atoms with van der Waals surface area (Å²) in [5.41, 5.74) is 0. The van der Waals surface area contributed by atoms with Crippen molar-refractivity contribution in [2.45, 2.75) is 262 Å². The summed E-state index contributed by atoms with van der Waals surface area (Å²) in [6.45, 7) is 4.26. The van der Waals surface area contributed by atoms with Crippen molar-refractivity contribution in [2.24, 2.45) is 0 Å². The molecule has 0 spiro atoms. The summed E-state index contributed by atoms with van der Waals surface area (Å²) in [6.07, 6.45) is 33.8. The third kappa shape index (κ3) is 31.7. The van der Waals surface area contributed by atoms with Crippen molar-refractivity contribution < 1.29 is 58.3 Å². The van der Waals surface area contributed by atoms with Crippen LogP contribution in [0, 0.1) is 0 Å². The molecule has 1 fully saturated rings. The Morgan fingerprint density at radius 3 is 1.37 bits per heavy atom. The van der Waals surface area contributed by atoms with Crippen LogP contribution in [-0.4, -0.2) is 98.9 Å². The summed E-state index contributed by atoms with van der Waals surface area (Å²) in [4.78, 5) is 23.2. The standard InChI is InChI=1S/C49H93O12P/c1-3-5-7-9-11-13-15-17-19-21-22-23-25-27-29-31-33-35-37-39-58-40-42(41-59-62(56,57)61-49-47(54)45(52)44(51)46(53)48(49)55)60-43(50)38-36-34-32-30-28-26-24-20-18-16-14-12-10-8-6-4-2/h13,15,19,21,42,44-49,51-55H,3-12,14,16-18,20,22-41H2,1-2H3,(H,56,57)/b15-13-,21-19-. The summed E-state index contributed by atoms with van der Waals surface area (Å²) in [5, 5.41) is 50.3. The molecule has 6 unspecified atom stereocenters. The second-order valence-corrected chi connectivity index (χ2v) is 19.1. The number of hydrogen-bond acceptors (Lipinski definition) is 11. The van der Waals surface area contributed by atoms with E-state index >= 15 is 0 Å². The Balaban J connectivity index is 2.35. The van der Waals surface area contributed by atoms with Crippen molar-refractivity contribution >= 4 is 13.8 Å². The van der Waals surface area contributed by atoms with Crippen LogP contribution in [0.2, 0.25) is 0 Å². The number of unbranched alkanes of at least 4 members (excludes halogenated alkanes) is 27. The Labute approximate surface area is 377 Å². The highest BCUT2D eigenvalue weighted by molar-refractivity contribution is 7.47. The number of esters is 1. The topological polar surface area (TPSA) is 192 Å². The number of phosphoric acid groups is 1. The molecule has 0 saturated heterocycles. The Morgan fingerprint density at radius 2 is 0.903 bits per heavy atom. The van der Waals surface area contributed by atoms with Crippen LogP contribution in [-0.2, 0) is 27.9 Å². The minimum atomic E-state index is -5.02. The van der Waals surface area contributed by atoms with E-state index in [4.69, 9.17) is 18.5 Å². The van der Waals surface area contributed by atoms with Gasteiger partial charge in [0.1, 0.15) is 42.7 Å². The van der Waals surface area contributed by atoms with Crippen LogP contribution in [0.4, 0.5) is 0 Å². The first-order valence-corrected chi connectivity index (χ1v) is 26.7. The molecule has 1 rings (SSSR count). The minimum Gasteiger partial charge on any atom is -0.457 e. The molecule has 6 atom stereocenters. The van der Waals surface area contributed by atoms with Crippen molar-refractivity contribution in [3.63, 3.8) is 0 Å². The summed E-state index contributed by atoms with van der Waals surface area (Å²) in [7, 11) is -5.02. The van der Waals surface area contributed by atoms with Crippen molar-refractivity contribution in [2.75, 3.05) is 19.8 Å². The molecular weight excluding hydrogens is 812 g/mol. The maximum atomic E-state index is 12.8. The molecule has 366 valence electrons. The summed E-state index contributed by atoms with van der Waals surface area (Å²) < 4.78 is 34.3. The van der Waals surface area contributed by atoms with Gasteiger partial charge in [-0.15, -0.1) is 0 Å². The molecule has 0 bridgehead atoms. The fourth-order valence-electron chi connectivity index (χ4n) is 7.80. The lowest BCUT2D eigenvalue weighted by molar-refractivity contribution is -0.220. The molecule has 62 heavy (non-hydrogen) atoms. The lowest BCUT2D eigenvalue weighted by Gasteiger charge is -2.41. The zero-order valence-corrected chi connectivity index (χ0v) is 40.1. The van der Waals surface area contributed by atoms with Gasteiger partial charge in [-0.25, -0.2) is 4.57 Å². The van der Waals surface area contributed by atoms with Crippen LogP contribution in [0.1, 0.15) is 219 Å². The van der Waals surface area contributed by atoms with Gasteiger partial charge in [0.25, 0.3) is 0 Å². The first-order valence-electron chi connectivity index (χ1n) is 25.2.